The maximum absolute atomic E-state index is 11.8. The van der Waals surface area contributed by atoms with Crippen LogP contribution in [-0.4, -0.2) is 63.6 Å². The summed E-state index contributed by atoms with van der Waals surface area (Å²) < 4.78 is 0. The maximum Gasteiger partial charge on any atom is 0.322 e. The van der Waals surface area contributed by atoms with Crippen molar-refractivity contribution in [3.8, 4) is 0 Å². The third-order valence-electron chi connectivity index (χ3n) is 2.46. The number of carboxylic acid groups (broad SMARTS) is 2. The molecule has 0 saturated heterocycles. The van der Waals surface area contributed by atoms with Crippen molar-refractivity contribution in [3.63, 3.8) is 0 Å². The lowest BCUT2D eigenvalue weighted by Crippen LogP contribution is -2.49. The van der Waals surface area contributed by atoms with Crippen LogP contribution < -0.4 is 22.1 Å². The second kappa shape index (κ2) is 10.4. The minimum absolute atomic E-state index is 0.145. The van der Waals surface area contributed by atoms with Crippen molar-refractivity contribution in [2.45, 2.75) is 24.9 Å². The van der Waals surface area contributed by atoms with E-state index in [0.717, 1.165) is 0 Å². The molecule has 0 radical (unpaired) electrons. The van der Waals surface area contributed by atoms with E-state index in [1.807, 2.05) is 0 Å². The summed E-state index contributed by atoms with van der Waals surface area (Å²) in [4.78, 5) is 55.1. The first-order chi connectivity index (χ1) is 10.6. The Morgan fingerprint density at radius 1 is 1.13 bits per heavy atom. The van der Waals surface area contributed by atoms with Gasteiger partial charge in [-0.3, -0.25) is 24.0 Å². The van der Waals surface area contributed by atoms with Crippen molar-refractivity contribution < 1.29 is 34.2 Å². The zero-order chi connectivity index (χ0) is 18.0. The molecule has 2 unspecified atom stereocenters. The molecule has 3 amide bonds. The van der Waals surface area contributed by atoms with E-state index < -0.39 is 47.6 Å². The summed E-state index contributed by atoms with van der Waals surface area (Å²) in [5.74, 6) is -4.21. The molecular formula is C11H18N4O7S. The van der Waals surface area contributed by atoms with Gasteiger partial charge in [0.05, 0.1) is 0 Å². The van der Waals surface area contributed by atoms with Crippen molar-refractivity contribution in [2.75, 3.05) is 12.3 Å². The number of hydrogen-bond donors (Lipinski definition) is 6. The molecule has 12 heteroatoms. The van der Waals surface area contributed by atoms with Gasteiger partial charge < -0.3 is 32.3 Å². The van der Waals surface area contributed by atoms with Gasteiger partial charge in [-0.2, -0.15) is 0 Å². The average molecular weight is 350 g/mol. The molecule has 0 aromatic carbocycles. The van der Waals surface area contributed by atoms with Crippen LogP contribution in [0.4, 0.5) is 4.79 Å². The molecule has 0 fully saturated rings. The summed E-state index contributed by atoms with van der Waals surface area (Å²) in [5, 5.41) is 20.6. The van der Waals surface area contributed by atoms with Gasteiger partial charge in [-0.05, 0) is 6.42 Å². The van der Waals surface area contributed by atoms with Crippen LogP contribution in [0.25, 0.3) is 0 Å². The maximum atomic E-state index is 11.8. The third-order valence-corrected chi connectivity index (χ3v) is 3.24. The van der Waals surface area contributed by atoms with Crippen molar-refractivity contribution >= 4 is 40.8 Å². The normalized spacial score (nSPS) is 12.7. The number of amides is 3. The van der Waals surface area contributed by atoms with Crippen LogP contribution >= 0.6 is 11.8 Å². The van der Waals surface area contributed by atoms with Crippen LogP contribution in [0.2, 0.25) is 0 Å². The molecule has 0 aliphatic carbocycles. The van der Waals surface area contributed by atoms with Crippen molar-refractivity contribution in [3.05, 3.63) is 0 Å². The topological polar surface area (TPSA) is 202 Å². The van der Waals surface area contributed by atoms with E-state index in [0.29, 0.717) is 11.8 Å². The zero-order valence-electron chi connectivity index (χ0n) is 12.0. The van der Waals surface area contributed by atoms with Crippen LogP contribution in [-0.2, 0) is 19.2 Å². The van der Waals surface area contributed by atoms with E-state index in [-0.39, 0.29) is 18.6 Å². The predicted octanol–water partition coefficient (Wildman–Crippen LogP) is -2.32. The molecule has 23 heavy (non-hydrogen) atoms. The Balaban J connectivity index is 4.57. The molecule has 0 aliphatic heterocycles. The number of thioether (sulfide) groups is 1. The fraction of sp³-hybridized carbons (Fsp3) is 0.545. The Hall–Kier alpha value is -2.34. The molecule has 0 heterocycles. The van der Waals surface area contributed by atoms with E-state index in [2.05, 4.69) is 10.6 Å². The number of rotatable bonds is 10. The molecule has 0 saturated carbocycles. The summed E-state index contributed by atoms with van der Waals surface area (Å²) >= 11 is 0.570. The molecule has 130 valence electrons. The van der Waals surface area contributed by atoms with Gasteiger partial charge in [0.25, 0.3) is 5.24 Å². The standard InChI is InChI=1S/C11H18N4O7S/c12-5(10(20)21)1-2-7(16)15-6(4-23-11(13)22)9(19)14-3-8(17)18/h5-6H,1-4,12H2,(H2,13,22)(H,14,19)(H,15,16)(H,17,18)(H,20,21). The van der Waals surface area contributed by atoms with E-state index in [1.54, 1.807) is 0 Å². The Kier molecular flexibility index (Phi) is 9.34. The number of carbonyl (C=O) groups excluding carboxylic acids is 3. The molecule has 0 aromatic rings. The van der Waals surface area contributed by atoms with E-state index in [4.69, 9.17) is 21.7 Å². The van der Waals surface area contributed by atoms with Crippen LogP contribution in [0, 0.1) is 0 Å². The molecule has 2 atom stereocenters. The highest BCUT2D eigenvalue weighted by molar-refractivity contribution is 8.13. The first-order valence-corrected chi connectivity index (χ1v) is 7.31. The van der Waals surface area contributed by atoms with Crippen molar-refractivity contribution in [1.29, 1.82) is 0 Å². The number of carbonyl (C=O) groups is 5. The van der Waals surface area contributed by atoms with Crippen LogP contribution in [0.3, 0.4) is 0 Å². The summed E-state index contributed by atoms with van der Waals surface area (Å²) in [5.41, 5.74) is 10.2. The van der Waals surface area contributed by atoms with Crippen molar-refractivity contribution in [1.82, 2.24) is 10.6 Å². The quantitative estimate of drug-likeness (QED) is 0.250. The molecule has 0 rings (SSSR count). The fourth-order valence-corrected chi connectivity index (χ4v) is 1.88. The lowest BCUT2D eigenvalue weighted by molar-refractivity contribution is -0.139. The summed E-state index contributed by atoms with van der Waals surface area (Å²) in [6, 6.07) is -2.42. The Morgan fingerprint density at radius 3 is 2.22 bits per heavy atom. The molecule has 0 bridgehead atoms. The second-order valence-corrected chi connectivity index (χ2v) is 5.37. The highest BCUT2D eigenvalue weighted by Crippen LogP contribution is 2.04. The summed E-state index contributed by atoms with van der Waals surface area (Å²) in [7, 11) is 0. The van der Waals surface area contributed by atoms with Gasteiger partial charge in [-0.25, -0.2) is 0 Å². The molecule has 0 aliphatic rings. The molecule has 11 nitrogen and oxygen atoms in total. The first kappa shape index (κ1) is 20.7. The number of aliphatic carboxylic acids is 2. The molecular weight excluding hydrogens is 332 g/mol. The van der Waals surface area contributed by atoms with E-state index >= 15 is 0 Å². The first-order valence-electron chi connectivity index (χ1n) is 6.33. The minimum Gasteiger partial charge on any atom is -0.480 e. The molecule has 8 N–H and O–H groups in total. The van der Waals surface area contributed by atoms with E-state index in [1.165, 1.54) is 0 Å². The van der Waals surface area contributed by atoms with Gasteiger partial charge in [0.1, 0.15) is 18.6 Å². The SMILES string of the molecule is NC(=O)SCC(NC(=O)CCC(N)C(=O)O)C(=O)NCC(=O)O. The van der Waals surface area contributed by atoms with Gasteiger partial charge in [0, 0.05) is 12.2 Å². The fourth-order valence-electron chi connectivity index (χ4n) is 1.31. The Morgan fingerprint density at radius 2 is 1.74 bits per heavy atom. The van der Waals surface area contributed by atoms with Gasteiger partial charge in [0.2, 0.25) is 11.8 Å². The van der Waals surface area contributed by atoms with Gasteiger partial charge in [-0.1, -0.05) is 11.8 Å². The largest absolute Gasteiger partial charge is 0.480 e. The lowest BCUT2D eigenvalue weighted by atomic mass is 10.1. The lowest BCUT2D eigenvalue weighted by Gasteiger charge is -2.17. The summed E-state index contributed by atoms with van der Waals surface area (Å²) in [6.45, 7) is -0.656. The Bertz CT molecular complexity index is 485. The number of nitrogens with one attached hydrogen (secondary N) is 2. The predicted molar refractivity (Wildman–Crippen MR) is 79.5 cm³/mol. The Labute approximate surface area is 135 Å². The molecule has 0 spiro atoms. The monoisotopic (exact) mass is 350 g/mol. The highest BCUT2D eigenvalue weighted by Gasteiger charge is 2.23. The third kappa shape index (κ3) is 10.1. The summed E-state index contributed by atoms with van der Waals surface area (Å²) in [6.07, 6.45) is -0.398. The van der Waals surface area contributed by atoms with Gasteiger partial charge >= 0.3 is 11.9 Å². The number of primary amides is 1. The zero-order valence-corrected chi connectivity index (χ0v) is 12.8. The number of hydrogen-bond acceptors (Lipinski definition) is 7. The second-order valence-electron chi connectivity index (χ2n) is 4.35. The van der Waals surface area contributed by atoms with Crippen molar-refractivity contribution in [2.24, 2.45) is 11.5 Å². The van der Waals surface area contributed by atoms with Crippen LogP contribution in [0.5, 0.6) is 0 Å². The minimum atomic E-state index is -1.28. The smallest absolute Gasteiger partial charge is 0.322 e. The van der Waals surface area contributed by atoms with Gasteiger partial charge in [-0.15, -0.1) is 0 Å². The van der Waals surface area contributed by atoms with E-state index in [9.17, 15) is 24.0 Å². The number of nitrogens with two attached hydrogens (primary N) is 2. The average Bonchev–Trinajstić information content (AvgIpc) is 2.45. The van der Waals surface area contributed by atoms with Crippen LogP contribution in [0.1, 0.15) is 12.8 Å². The molecule has 0 aromatic heterocycles. The highest BCUT2D eigenvalue weighted by atomic mass is 32.2. The van der Waals surface area contributed by atoms with Gasteiger partial charge in [0.15, 0.2) is 0 Å². The van der Waals surface area contributed by atoms with Crippen LogP contribution in [0.15, 0.2) is 0 Å². The number of carboxylic acids is 2.